The number of thiophene rings is 1. The Labute approximate surface area is 221 Å². The van der Waals surface area contributed by atoms with Gasteiger partial charge in [0.05, 0.1) is 4.88 Å². The fourth-order valence-corrected chi connectivity index (χ4v) is 5.14. The smallest absolute Gasteiger partial charge is 0.484 e. The van der Waals surface area contributed by atoms with Crippen LogP contribution in [0, 0.1) is 0 Å². The lowest BCUT2D eigenvalue weighted by Crippen LogP contribution is -2.50. The van der Waals surface area contributed by atoms with Crippen LogP contribution in [0.4, 0.5) is 8.63 Å². The maximum Gasteiger partial charge on any atom is 0.737 e. The highest BCUT2D eigenvalue weighted by atomic mass is 32.1. The van der Waals surface area contributed by atoms with Crippen molar-refractivity contribution in [3.63, 3.8) is 0 Å². The molecular formula is C26H23BF2N6O2S. The molecule has 0 saturated carbocycles. The summed E-state index contributed by atoms with van der Waals surface area (Å²) in [5, 5.41) is 7.96. The number of azide groups is 1. The Kier molecular flexibility index (Phi) is 7.25. The van der Waals surface area contributed by atoms with Crippen molar-refractivity contribution in [1.29, 1.82) is 0 Å². The number of fused-ring (bicyclic) bond motifs is 2. The van der Waals surface area contributed by atoms with E-state index in [1.807, 2.05) is 17.5 Å². The second kappa shape index (κ2) is 10.9. The van der Waals surface area contributed by atoms with Crippen LogP contribution in [0.2, 0.25) is 0 Å². The number of hydrogen-bond acceptors (Lipinski definition) is 4. The number of benzene rings is 1. The summed E-state index contributed by atoms with van der Waals surface area (Å²) in [5.74, 6) is 0.234. The molecule has 5 rings (SSSR count). The summed E-state index contributed by atoms with van der Waals surface area (Å²) < 4.78 is 39.5. The van der Waals surface area contributed by atoms with E-state index in [4.69, 9.17) is 10.3 Å². The maximum absolute atomic E-state index is 15.9. The van der Waals surface area contributed by atoms with E-state index in [0.29, 0.717) is 48.1 Å². The van der Waals surface area contributed by atoms with Gasteiger partial charge in [-0.15, -0.1) is 11.3 Å². The summed E-state index contributed by atoms with van der Waals surface area (Å²) in [6, 6.07) is 14.1. The molecule has 0 unspecified atom stereocenters. The highest BCUT2D eigenvalue weighted by molar-refractivity contribution is 7.12. The third kappa shape index (κ3) is 5.18. The van der Waals surface area contributed by atoms with Gasteiger partial charge < -0.3 is 27.6 Å². The van der Waals surface area contributed by atoms with E-state index in [1.165, 1.54) is 11.3 Å². The zero-order valence-electron chi connectivity index (χ0n) is 20.2. The quantitative estimate of drug-likeness (QED) is 0.122. The number of nitrogens with one attached hydrogen (secondary N) is 1. The first-order valence-electron chi connectivity index (χ1n) is 12.0. The number of carbonyl (C=O) groups is 1. The molecule has 3 aromatic rings. The Morgan fingerprint density at radius 3 is 2.79 bits per heavy atom. The molecule has 12 heteroatoms. The van der Waals surface area contributed by atoms with Crippen LogP contribution < -0.4 is 10.1 Å². The molecule has 8 nitrogen and oxygen atoms in total. The van der Waals surface area contributed by atoms with Gasteiger partial charge in [0.1, 0.15) is 5.75 Å². The van der Waals surface area contributed by atoms with Gasteiger partial charge in [0.15, 0.2) is 18.0 Å². The summed E-state index contributed by atoms with van der Waals surface area (Å²) in [5.41, 5.74) is 10.9. The Morgan fingerprint density at radius 1 is 1.18 bits per heavy atom. The first-order chi connectivity index (χ1) is 18.5. The molecule has 1 amide bonds. The number of aromatic nitrogens is 1. The third-order valence-electron chi connectivity index (χ3n) is 6.14. The lowest BCUT2D eigenvalue weighted by molar-refractivity contribution is -0.360. The minimum absolute atomic E-state index is 0.143. The van der Waals surface area contributed by atoms with E-state index in [9.17, 15) is 4.79 Å². The number of rotatable bonds is 10. The molecule has 2 aliphatic heterocycles. The van der Waals surface area contributed by atoms with Crippen LogP contribution >= 0.6 is 11.3 Å². The van der Waals surface area contributed by atoms with Crippen molar-refractivity contribution in [1.82, 2.24) is 9.79 Å². The van der Waals surface area contributed by atoms with Crippen LogP contribution in [0.15, 0.2) is 76.9 Å². The second-order valence-corrected chi connectivity index (χ2v) is 9.57. The summed E-state index contributed by atoms with van der Waals surface area (Å²) >= 11 is 1.43. The number of amides is 1. The third-order valence-corrected chi connectivity index (χ3v) is 7.03. The standard InChI is InChI=1S/C26H23BF2N6O2S/c28-27(29)34-20(8-9-21(34)17-22-10-13-24(35(22)27)25-3-1-16-38-25)7-4-19-5-11-23(12-6-19)37-18-26(36)31-14-2-15-32-33-30/h1,3-13,16-17H,2,14-15,18H2,(H,31,36)/b7-4+. The highest BCUT2D eigenvalue weighted by Crippen LogP contribution is 2.34. The number of nitrogens with zero attached hydrogens (tertiary/aromatic N) is 5. The number of carbonyl (C=O) groups excluding carboxylic acids is 1. The molecule has 0 fully saturated rings. The molecule has 2 aromatic heterocycles. The zero-order chi connectivity index (χ0) is 26.5. The SMILES string of the molecule is [N-]=[N+]=NCCCNC(=O)COc1ccc(/C=C/c2ccc3n2[B-](F)(F)[N+]2=C(c4cccs4)C=CC2=C3)cc1. The molecule has 4 heterocycles. The predicted octanol–water partition coefficient (Wildman–Crippen LogP) is 5.56. The molecule has 0 radical (unpaired) electrons. The first kappa shape index (κ1) is 25.3. The molecule has 0 saturated heterocycles. The van der Waals surface area contributed by atoms with Gasteiger partial charge in [0.25, 0.3) is 5.91 Å². The van der Waals surface area contributed by atoms with Crippen molar-refractivity contribution in [2.75, 3.05) is 19.7 Å². The van der Waals surface area contributed by atoms with Gasteiger partial charge >= 0.3 is 6.97 Å². The Hall–Kier alpha value is -4.41. The van der Waals surface area contributed by atoms with Crippen LogP contribution in [-0.2, 0) is 4.79 Å². The Balaban J connectivity index is 1.26. The van der Waals surface area contributed by atoms with Crippen molar-refractivity contribution in [2.24, 2.45) is 5.11 Å². The van der Waals surface area contributed by atoms with Gasteiger partial charge in [-0.05, 0) is 59.3 Å². The van der Waals surface area contributed by atoms with Gasteiger partial charge in [-0.1, -0.05) is 29.4 Å². The minimum Gasteiger partial charge on any atom is -0.484 e. The number of hydrogen-bond donors (Lipinski definition) is 1. The lowest BCUT2D eigenvalue weighted by atomic mass is 9.90. The average molecular weight is 532 g/mol. The van der Waals surface area contributed by atoms with E-state index in [1.54, 1.807) is 66.8 Å². The van der Waals surface area contributed by atoms with E-state index >= 15 is 8.63 Å². The topological polar surface area (TPSA) is 95.0 Å². The Morgan fingerprint density at radius 2 is 2.03 bits per heavy atom. The monoisotopic (exact) mass is 532 g/mol. The van der Waals surface area contributed by atoms with Gasteiger partial charge in [-0.3, -0.25) is 4.79 Å². The van der Waals surface area contributed by atoms with Gasteiger partial charge in [0, 0.05) is 47.6 Å². The molecule has 192 valence electrons. The molecule has 2 aliphatic rings. The summed E-state index contributed by atoms with van der Waals surface area (Å²) in [6.07, 6.45) is 9.24. The second-order valence-electron chi connectivity index (χ2n) is 8.63. The number of allylic oxidation sites excluding steroid dienone is 2. The van der Waals surface area contributed by atoms with Crippen molar-refractivity contribution in [2.45, 2.75) is 6.42 Å². The van der Waals surface area contributed by atoms with Crippen LogP contribution in [0.5, 0.6) is 5.75 Å². The molecule has 0 bridgehead atoms. The summed E-state index contributed by atoms with van der Waals surface area (Å²) in [4.78, 5) is 15.3. The van der Waals surface area contributed by atoms with Crippen molar-refractivity contribution in [3.8, 4) is 5.75 Å². The molecule has 1 N–H and O–H groups in total. The average Bonchev–Trinajstić information content (AvgIpc) is 3.67. The largest absolute Gasteiger partial charge is 0.737 e. The summed E-state index contributed by atoms with van der Waals surface area (Å²) in [6.45, 7) is -3.52. The summed E-state index contributed by atoms with van der Waals surface area (Å²) in [7, 11) is 0. The van der Waals surface area contributed by atoms with Crippen molar-refractivity contribution < 1.29 is 22.6 Å². The highest BCUT2D eigenvalue weighted by Gasteiger charge is 2.52. The molecule has 0 spiro atoms. The fraction of sp³-hybridized carbons (Fsp3) is 0.154. The molecular weight excluding hydrogens is 509 g/mol. The molecule has 0 aliphatic carbocycles. The lowest BCUT2D eigenvalue weighted by Gasteiger charge is -2.30. The van der Waals surface area contributed by atoms with Crippen LogP contribution in [0.25, 0.3) is 28.7 Å². The maximum atomic E-state index is 15.9. The zero-order valence-corrected chi connectivity index (χ0v) is 21.0. The van der Waals surface area contributed by atoms with Crippen LogP contribution in [-0.4, -0.2) is 47.2 Å². The minimum atomic E-state index is -4.09. The normalized spacial score (nSPS) is 15.2. The number of ether oxygens (including phenoxy) is 1. The first-order valence-corrected chi connectivity index (χ1v) is 12.9. The van der Waals surface area contributed by atoms with Crippen molar-refractivity contribution in [3.05, 3.63) is 104 Å². The number of halogens is 2. The fourth-order valence-electron chi connectivity index (χ4n) is 4.39. The van der Waals surface area contributed by atoms with Gasteiger partial charge in [-0.2, -0.15) is 0 Å². The van der Waals surface area contributed by atoms with Crippen LogP contribution in [0.3, 0.4) is 0 Å². The predicted molar refractivity (Wildman–Crippen MR) is 146 cm³/mol. The van der Waals surface area contributed by atoms with Crippen molar-refractivity contribution >= 4 is 48.2 Å². The van der Waals surface area contributed by atoms with Gasteiger partial charge in [-0.25, -0.2) is 0 Å². The van der Waals surface area contributed by atoms with E-state index in [0.717, 1.165) is 19.4 Å². The van der Waals surface area contributed by atoms with E-state index in [-0.39, 0.29) is 12.5 Å². The molecule has 0 atom stereocenters. The van der Waals surface area contributed by atoms with Gasteiger partial charge in [0.2, 0.25) is 0 Å². The van der Waals surface area contributed by atoms with E-state index < -0.39 is 6.97 Å². The Bertz CT molecular complexity index is 1520. The molecule has 38 heavy (non-hydrogen) atoms. The molecule has 1 aromatic carbocycles. The van der Waals surface area contributed by atoms with E-state index in [2.05, 4.69) is 15.3 Å². The van der Waals surface area contributed by atoms with Crippen LogP contribution in [0.1, 0.15) is 28.2 Å².